The second kappa shape index (κ2) is 5.27. The fraction of sp³-hybridized carbons (Fsp3) is 0.250. The Morgan fingerprint density at radius 2 is 2.18 bits per heavy atom. The Balaban J connectivity index is 2.14. The number of aliphatic hydroxyl groups is 2. The van der Waals surface area contributed by atoms with Crippen LogP contribution in [-0.2, 0) is 0 Å². The van der Waals surface area contributed by atoms with E-state index in [1.54, 1.807) is 5.38 Å². The molecule has 2 rings (SSSR count). The molecule has 5 heteroatoms. The second-order valence-corrected chi connectivity index (χ2v) is 4.60. The molecule has 0 radical (unpaired) electrons. The first-order chi connectivity index (χ1) is 8.22. The smallest absolute Gasteiger partial charge is 0.252 e. The van der Waals surface area contributed by atoms with Gasteiger partial charge in [-0.05, 0) is 6.07 Å². The first-order valence-electron chi connectivity index (χ1n) is 5.25. The standard InChI is InChI=1S/C12H13NO3S/c14-6-8(15)5-13-12(16)10-7-17-11-4-2-1-3-9(10)11/h1-4,7-8,14-15H,5-6H2,(H,13,16). The molecule has 0 fully saturated rings. The zero-order valence-corrected chi connectivity index (χ0v) is 9.91. The van der Waals surface area contributed by atoms with Crippen molar-refractivity contribution in [3.05, 3.63) is 35.2 Å². The van der Waals surface area contributed by atoms with Gasteiger partial charge in [0.2, 0.25) is 0 Å². The van der Waals surface area contributed by atoms with Crippen LogP contribution in [0.3, 0.4) is 0 Å². The van der Waals surface area contributed by atoms with Crippen LogP contribution in [0.4, 0.5) is 0 Å². The van der Waals surface area contributed by atoms with Crippen molar-refractivity contribution >= 4 is 27.3 Å². The predicted molar refractivity (Wildman–Crippen MR) is 67.3 cm³/mol. The summed E-state index contributed by atoms with van der Waals surface area (Å²) in [5, 5.41) is 23.1. The Labute approximate surface area is 103 Å². The van der Waals surface area contributed by atoms with Crippen LogP contribution < -0.4 is 5.32 Å². The van der Waals surface area contributed by atoms with Crippen molar-refractivity contribution in [2.75, 3.05) is 13.2 Å². The molecule has 1 atom stereocenters. The maximum atomic E-state index is 11.8. The number of hydrogen-bond donors (Lipinski definition) is 3. The van der Waals surface area contributed by atoms with Crippen LogP contribution in [0.5, 0.6) is 0 Å². The fourth-order valence-electron chi connectivity index (χ4n) is 1.52. The van der Waals surface area contributed by atoms with Gasteiger partial charge in [0, 0.05) is 22.0 Å². The molecular formula is C12H13NO3S. The van der Waals surface area contributed by atoms with Crippen LogP contribution in [0.25, 0.3) is 10.1 Å². The molecule has 1 heterocycles. The van der Waals surface area contributed by atoms with Gasteiger partial charge >= 0.3 is 0 Å². The Morgan fingerprint density at radius 1 is 1.41 bits per heavy atom. The predicted octanol–water partition coefficient (Wildman–Crippen LogP) is 0.984. The first kappa shape index (κ1) is 12.0. The molecule has 1 amide bonds. The minimum absolute atomic E-state index is 0.0551. The number of nitrogens with one attached hydrogen (secondary N) is 1. The van der Waals surface area contributed by atoms with Crippen LogP contribution in [0, 0.1) is 0 Å². The van der Waals surface area contributed by atoms with Crippen LogP contribution in [0.1, 0.15) is 10.4 Å². The highest BCUT2D eigenvalue weighted by Crippen LogP contribution is 2.25. The van der Waals surface area contributed by atoms with E-state index in [1.807, 2.05) is 24.3 Å². The van der Waals surface area contributed by atoms with Crippen LogP contribution >= 0.6 is 11.3 Å². The lowest BCUT2D eigenvalue weighted by Gasteiger charge is -2.08. The molecule has 4 nitrogen and oxygen atoms in total. The summed E-state index contributed by atoms with van der Waals surface area (Å²) >= 11 is 1.51. The molecule has 0 aliphatic carbocycles. The summed E-state index contributed by atoms with van der Waals surface area (Å²) in [6.07, 6.45) is -0.913. The van der Waals surface area contributed by atoms with Crippen LogP contribution in [0.15, 0.2) is 29.6 Å². The average Bonchev–Trinajstić information content (AvgIpc) is 2.79. The molecule has 0 bridgehead atoms. The maximum absolute atomic E-state index is 11.8. The van der Waals surface area contributed by atoms with E-state index in [9.17, 15) is 4.79 Å². The Bertz CT molecular complexity index is 523. The van der Waals surface area contributed by atoms with Gasteiger partial charge in [0.1, 0.15) is 0 Å². The first-order valence-corrected chi connectivity index (χ1v) is 6.13. The molecule has 90 valence electrons. The SMILES string of the molecule is O=C(NCC(O)CO)c1csc2ccccc12. The van der Waals surface area contributed by atoms with Gasteiger partial charge in [-0.15, -0.1) is 11.3 Å². The summed E-state index contributed by atoms with van der Waals surface area (Å²) in [5.41, 5.74) is 0.607. The molecule has 17 heavy (non-hydrogen) atoms. The quantitative estimate of drug-likeness (QED) is 0.759. The normalized spacial score (nSPS) is 12.6. The van der Waals surface area contributed by atoms with Crippen molar-refractivity contribution in [3.8, 4) is 0 Å². The molecule has 0 spiro atoms. The molecule has 2 aromatic rings. The molecule has 3 N–H and O–H groups in total. The third-order valence-electron chi connectivity index (χ3n) is 2.43. The number of hydrogen-bond acceptors (Lipinski definition) is 4. The largest absolute Gasteiger partial charge is 0.394 e. The van der Waals surface area contributed by atoms with Gasteiger partial charge in [-0.3, -0.25) is 4.79 Å². The van der Waals surface area contributed by atoms with E-state index in [0.29, 0.717) is 5.56 Å². The highest BCUT2D eigenvalue weighted by molar-refractivity contribution is 7.17. The summed E-state index contributed by atoms with van der Waals surface area (Å²) < 4.78 is 1.06. The molecular weight excluding hydrogens is 238 g/mol. The van der Waals surface area contributed by atoms with E-state index in [-0.39, 0.29) is 19.1 Å². The number of amides is 1. The maximum Gasteiger partial charge on any atom is 0.252 e. The van der Waals surface area contributed by atoms with Gasteiger partial charge in [-0.25, -0.2) is 0 Å². The lowest BCUT2D eigenvalue weighted by atomic mass is 10.1. The number of thiophene rings is 1. The molecule has 1 unspecified atom stereocenters. The second-order valence-electron chi connectivity index (χ2n) is 3.69. The van der Waals surface area contributed by atoms with Crippen molar-refractivity contribution in [1.29, 1.82) is 0 Å². The Morgan fingerprint density at radius 3 is 2.94 bits per heavy atom. The number of aliphatic hydroxyl groups excluding tert-OH is 2. The summed E-state index contributed by atoms with van der Waals surface area (Å²) in [4.78, 5) is 11.8. The fourth-order valence-corrected chi connectivity index (χ4v) is 2.46. The third kappa shape index (κ3) is 2.63. The lowest BCUT2D eigenvalue weighted by Crippen LogP contribution is -2.33. The number of benzene rings is 1. The van der Waals surface area contributed by atoms with Gasteiger partial charge in [-0.1, -0.05) is 18.2 Å². The number of fused-ring (bicyclic) bond motifs is 1. The van der Waals surface area contributed by atoms with Gasteiger partial charge in [0.15, 0.2) is 0 Å². The Kier molecular flexibility index (Phi) is 3.73. The van der Waals surface area contributed by atoms with E-state index in [0.717, 1.165) is 10.1 Å². The highest BCUT2D eigenvalue weighted by atomic mass is 32.1. The van der Waals surface area contributed by atoms with E-state index in [1.165, 1.54) is 11.3 Å². The summed E-state index contributed by atoms with van der Waals surface area (Å²) in [7, 11) is 0. The highest BCUT2D eigenvalue weighted by Gasteiger charge is 2.12. The third-order valence-corrected chi connectivity index (χ3v) is 3.40. The van der Waals surface area contributed by atoms with Crippen molar-refractivity contribution in [2.45, 2.75) is 6.10 Å². The zero-order valence-electron chi connectivity index (χ0n) is 9.09. The number of carbonyl (C=O) groups is 1. The summed E-state index contributed by atoms with van der Waals surface area (Å²) in [6, 6.07) is 7.66. The van der Waals surface area contributed by atoms with Gasteiger partial charge < -0.3 is 15.5 Å². The van der Waals surface area contributed by atoms with Crippen molar-refractivity contribution in [3.63, 3.8) is 0 Å². The molecule has 0 saturated carbocycles. The lowest BCUT2D eigenvalue weighted by molar-refractivity contribution is 0.0803. The van der Waals surface area contributed by atoms with Crippen LogP contribution in [-0.4, -0.2) is 35.4 Å². The zero-order chi connectivity index (χ0) is 12.3. The minimum Gasteiger partial charge on any atom is -0.394 e. The van der Waals surface area contributed by atoms with E-state index >= 15 is 0 Å². The van der Waals surface area contributed by atoms with E-state index in [4.69, 9.17) is 10.2 Å². The molecule has 0 saturated heterocycles. The van der Waals surface area contributed by atoms with Gasteiger partial charge in [0.05, 0.1) is 18.3 Å². The van der Waals surface area contributed by atoms with Crippen molar-refractivity contribution < 1.29 is 15.0 Å². The summed E-state index contributed by atoms with van der Waals surface area (Å²) in [5.74, 6) is -0.227. The summed E-state index contributed by atoms with van der Waals surface area (Å²) in [6.45, 7) is -0.301. The molecule has 0 aliphatic rings. The Hall–Kier alpha value is -1.43. The van der Waals surface area contributed by atoms with Gasteiger partial charge in [0.25, 0.3) is 5.91 Å². The topological polar surface area (TPSA) is 69.6 Å². The average molecular weight is 251 g/mol. The molecule has 1 aromatic carbocycles. The van der Waals surface area contributed by atoms with E-state index in [2.05, 4.69) is 5.32 Å². The van der Waals surface area contributed by atoms with Crippen molar-refractivity contribution in [2.24, 2.45) is 0 Å². The van der Waals surface area contributed by atoms with E-state index < -0.39 is 6.10 Å². The molecule has 0 aliphatic heterocycles. The molecule has 1 aromatic heterocycles. The monoisotopic (exact) mass is 251 g/mol. The van der Waals surface area contributed by atoms with Crippen LogP contribution in [0.2, 0.25) is 0 Å². The van der Waals surface area contributed by atoms with Gasteiger partial charge in [-0.2, -0.15) is 0 Å². The minimum atomic E-state index is -0.913. The number of rotatable bonds is 4. The van der Waals surface area contributed by atoms with Crippen molar-refractivity contribution in [1.82, 2.24) is 5.32 Å². The number of carbonyl (C=O) groups excluding carboxylic acids is 1.